The smallest absolute Gasteiger partial charge is 0.154 e. The van der Waals surface area contributed by atoms with E-state index in [0.29, 0.717) is 17.5 Å². The number of carbonyl (C=O) groups is 1. The van der Waals surface area contributed by atoms with Crippen LogP contribution < -0.4 is 0 Å². The molecule has 1 aromatic rings. The first-order valence-corrected chi connectivity index (χ1v) is 6.06. The van der Waals surface area contributed by atoms with Crippen LogP contribution in [-0.2, 0) is 22.0 Å². The number of aldehydes is 1. The van der Waals surface area contributed by atoms with E-state index < -0.39 is 9.84 Å². The molecule has 4 nitrogen and oxygen atoms in total. The Morgan fingerprint density at radius 1 is 1.36 bits per heavy atom. The zero-order valence-electron chi connectivity index (χ0n) is 7.43. The number of fused-ring (bicyclic) bond motifs is 1. The van der Waals surface area contributed by atoms with Gasteiger partial charge in [-0.15, -0.1) is 0 Å². The average molecular weight is 211 g/mol. The van der Waals surface area contributed by atoms with Crippen LogP contribution in [0.5, 0.6) is 0 Å². The summed E-state index contributed by atoms with van der Waals surface area (Å²) in [5.41, 5.74) is 2.02. The molecule has 0 atom stereocenters. The molecule has 0 aromatic carbocycles. The van der Waals surface area contributed by atoms with Crippen molar-refractivity contribution in [1.29, 1.82) is 0 Å². The van der Waals surface area contributed by atoms with E-state index in [1.54, 1.807) is 0 Å². The van der Waals surface area contributed by atoms with E-state index in [-0.39, 0.29) is 11.5 Å². The molecule has 0 saturated heterocycles. The normalized spacial score (nSPS) is 18.6. The first kappa shape index (κ1) is 9.33. The molecule has 2 rings (SSSR count). The van der Waals surface area contributed by atoms with Gasteiger partial charge in [0.2, 0.25) is 0 Å². The highest BCUT2D eigenvalue weighted by Gasteiger charge is 2.23. The van der Waals surface area contributed by atoms with Gasteiger partial charge in [-0.2, -0.15) is 0 Å². The summed E-state index contributed by atoms with van der Waals surface area (Å²) in [6.07, 6.45) is 4.15. The van der Waals surface area contributed by atoms with Crippen molar-refractivity contribution in [2.45, 2.75) is 12.2 Å². The molecule has 14 heavy (non-hydrogen) atoms. The summed E-state index contributed by atoms with van der Waals surface area (Å²) in [5, 5.41) is 0. The molecule has 0 amide bonds. The Morgan fingerprint density at radius 3 is 2.86 bits per heavy atom. The molecule has 0 N–H and O–H groups in total. The van der Waals surface area contributed by atoms with Crippen molar-refractivity contribution in [1.82, 2.24) is 4.98 Å². The molecule has 0 unspecified atom stereocenters. The minimum atomic E-state index is -2.98. The van der Waals surface area contributed by atoms with Crippen molar-refractivity contribution >= 4 is 16.1 Å². The zero-order valence-corrected chi connectivity index (χ0v) is 8.25. The molecule has 1 aliphatic heterocycles. The Balaban J connectivity index is 2.55. The number of carbonyl (C=O) groups excluding carboxylic acids is 1. The molecule has 0 radical (unpaired) electrons. The average Bonchev–Trinajstić information content (AvgIpc) is 2.15. The number of hydrogen-bond donors (Lipinski definition) is 0. The van der Waals surface area contributed by atoms with E-state index >= 15 is 0 Å². The number of nitrogens with zero attached hydrogens (tertiary/aromatic N) is 1. The lowest BCUT2D eigenvalue weighted by molar-refractivity contribution is 0.112. The molecule has 1 aromatic heterocycles. The Labute approximate surface area is 81.9 Å². The number of rotatable bonds is 1. The number of sulfone groups is 1. The third-order valence-electron chi connectivity index (χ3n) is 2.35. The Bertz CT molecular complexity index is 479. The Morgan fingerprint density at radius 2 is 2.14 bits per heavy atom. The van der Waals surface area contributed by atoms with Crippen LogP contribution in [-0.4, -0.2) is 25.4 Å². The van der Waals surface area contributed by atoms with Crippen LogP contribution in [0.3, 0.4) is 0 Å². The van der Waals surface area contributed by atoms with E-state index in [1.165, 1.54) is 12.4 Å². The van der Waals surface area contributed by atoms with Gasteiger partial charge in [0.05, 0.1) is 11.5 Å². The maximum Gasteiger partial charge on any atom is 0.154 e. The Hall–Kier alpha value is -1.23. The van der Waals surface area contributed by atoms with Crippen molar-refractivity contribution in [3.8, 4) is 0 Å². The van der Waals surface area contributed by atoms with E-state index in [0.717, 1.165) is 11.8 Å². The van der Waals surface area contributed by atoms with E-state index in [9.17, 15) is 13.2 Å². The van der Waals surface area contributed by atoms with Gasteiger partial charge in [-0.25, -0.2) is 8.42 Å². The molecule has 5 heteroatoms. The van der Waals surface area contributed by atoms with Gasteiger partial charge in [0.25, 0.3) is 0 Å². The highest BCUT2D eigenvalue weighted by atomic mass is 32.2. The minimum absolute atomic E-state index is 0.0109. The predicted octanol–water partition coefficient (Wildman–Crippen LogP) is 0.365. The van der Waals surface area contributed by atoms with Crippen molar-refractivity contribution < 1.29 is 13.2 Å². The van der Waals surface area contributed by atoms with Gasteiger partial charge in [-0.1, -0.05) is 0 Å². The monoisotopic (exact) mass is 211 g/mol. The molecule has 74 valence electrons. The van der Waals surface area contributed by atoms with Crippen LogP contribution in [0.15, 0.2) is 12.4 Å². The highest BCUT2D eigenvalue weighted by Crippen LogP contribution is 2.21. The third-order valence-corrected chi connectivity index (χ3v) is 3.92. The Kier molecular flexibility index (Phi) is 2.11. The third kappa shape index (κ3) is 1.55. The lowest BCUT2D eigenvalue weighted by Gasteiger charge is -2.16. The second-order valence-electron chi connectivity index (χ2n) is 3.33. The number of hydrogen-bond acceptors (Lipinski definition) is 4. The quantitative estimate of drug-likeness (QED) is 0.629. The molecular weight excluding hydrogens is 202 g/mol. The number of pyridine rings is 1. The van der Waals surface area contributed by atoms with Crippen LogP contribution in [0.1, 0.15) is 21.5 Å². The SMILES string of the molecule is O=Cc1cncc2c1CCS(=O)(=O)C2. The molecule has 0 aliphatic carbocycles. The maximum absolute atomic E-state index is 11.3. The maximum atomic E-state index is 11.3. The van der Waals surface area contributed by atoms with Crippen LogP contribution in [0.2, 0.25) is 0 Å². The van der Waals surface area contributed by atoms with Gasteiger partial charge in [0.15, 0.2) is 16.1 Å². The van der Waals surface area contributed by atoms with Gasteiger partial charge >= 0.3 is 0 Å². The lowest BCUT2D eigenvalue weighted by atomic mass is 10.0. The van der Waals surface area contributed by atoms with Crippen molar-refractivity contribution in [2.24, 2.45) is 0 Å². The summed E-state index contributed by atoms with van der Waals surface area (Å²) >= 11 is 0. The fraction of sp³-hybridized carbons (Fsp3) is 0.333. The van der Waals surface area contributed by atoms with Crippen molar-refractivity contribution in [3.05, 3.63) is 29.1 Å². The van der Waals surface area contributed by atoms with Crippen LogP contribution in [0.25, 0.3) is 0 Å². The van der Waals surface area contributed by atoms with Gasteiger partial charge in [-0.3, -0.25) is 9.78 Å². The van der Waals surface area contributed by atoms with Crippen LogP contribution in [0, 0.1) is 0 Å². The van der Waals surface area contributed by atoms with Gasteiger partial charge in [-0.05, 0) is 17.5 Å². The van der Waals surface area contributed by atoms with Crippen LogP contribution >= 0.6 is 0 Å². The molecule has 2 heterocycles. The number of aromatic nitrogens is 1. The molecule has 0 spiro atoms. The van der Waals surface area contributed by atoms with E-state index in [1.807, 2.05) is 0 Å². The molecular formula is C9H9NO3S. The van der Waals surface area contributed by atoms with Gasteiger partial charge in [0.1, 0.15) is 0 Å². The molecule has 0 bridgehead atoms. The van der Waals surface area contributed by atoms with Crippen molar-refractivity contribution in [3.63, 3.8) is 0 Å². The zero-order chi connectivity index (χ0) is 10.2. The summed E-state index contributed by atoms with van der Waals surface area (Å²) in [6.45, 7) is 0. The topological polar surface area (TPSA) is 64.1 Å². The lowest BCUT2D eigenvalue weighted by Crippen LogP contribution is -2.20. The van der Waals surface area contributed by atoms with E-state index in [4.69, 9.17) is 0 Å². The largest absolute Gasteiger partial charge is 0.298 e. The standard InChI is InChI=1S/C9H9NO3S/c11-5-7-3-10-4-8-6-14(12,13)2-1-9(7)8/h3-5H,1-2,6H2. The fourth-order valence-corrected chi connectivity index (χ4v) is 3.03. The van der Waals surface area contributed by atoms with E-state index in [2.05, 4.69) is 4.98 Å². The summed E-state index contributed by atoms with van der Waals surface area (Å²) in [5.74, 6) is 0.141. The highest BCUT2D eigenvalue weighted by molar-refractivity contribution is 7.90. The van der Waals surface area contributed by atoms with Crippen molar-refractivity contribution in [2.75, 3.05) is 5.75 Å². The van der Waals surface area contributed by atoms with Gasteiger partial charge < -0.3 is 0 Å². The van der Waals surface area contributed by atoms with Gasteiger partial charge in [0, 0.05) is 18.0 Å². The summed E-state index contributed by atoms with van der Waals surface area (Å²) < 4.78 is 22.6. The first-order valence-electron chi connectivity index (χ1n) is 4.24. The second-order valence-corrected chi connectivity index (χ2v) is 5.51. The predicted molar refractivity (Wildman–Crippen MR) is 50.8 cm³/mol. The van der Waals surface area contributed by atoms with Crippen LogP contribution in [0.4, 0.5) is 0 Å². The first-order chi connectivity index (χ1) is 6.62. The summed E-state index contributed by atoms with van der Waals surface area (Å²) in [4.78, 5) is 14.5. The fourth-order valence-electron chi connectivity index (χ4n) is 1.65. The molecule has 0 saturated carbocycles. The second kappa shape index (κ2) is 3.16. The molecule has 0 fully saturated rings. The summed E-state index contributed by atoms with van der Waals surface area (Å²) in [6, 6.07) is 0. The minimum Gasteiger partial charge on any atom is -0.298 e. The summed E-state index contributed by atoms with van der Waals surface area (Å²) in [7, 11) is -2.98. The molecule has 1 aliphatic rings.